The fourth-order valence-electron chi connectivity index (χ4n) is 13.0. The fraction of sp³-hybridized carbons (Fsp3) is 0.951. The summed E-state index contributed by atoms with van der Waals surface area (Å²) < 4.78 is 23.9. The molecule has 6 rings (SSSR count). The van der Waals surface area contributed by atoms with E-state index in [4.69, 9.17) is 18.9 Å². The Labute approximate surface area is 325 Å². The van der Waals surface area contributed by atoms with Crippen LogP contribution in [0.4, 0.5) is 0 Å². The first-order valence-electron chi connectivity index (χ1n) is 20.4. The SMILES string of the molecule is CC(C)(O)/C=C/C[C@](C)(O[C@@H]1O[C@H](CO[C@@H]2OC[C@@H](O)[C@H](O)[C@H]2O)[C@@H](O)[C@H](O)[C@H]1O)[C@H]1CC[C@]2(C)[C@@H]1[C@H](O)C[C@@H]1[C@@]3(C)C[C@@H](O)[C@H](O)C(C)(C)[C@@H]3CC[C@]12C. The Hall–Kier alpha value is -0.820. The zero-order chi connectivity index (χ0) is 40.8. The summed E-state index contributed by atoms with van der Waals surface area (Å²) >= 11 is 0. The van der Waals surface area contributed by atoms with Crippen molar-refractivity contribution in [2.45, 2.75) is 185 Å². The molecule has 55 heavy (non-hydrogen) atoms. The molecule has 4 saturated carbocycles. The van der Waals surface area contributed by atoms with Gasteiger partial charge in [0.15, 0.2) is 12.6 Å². The van der Waals surface area contributed by atoms with E-state index in [9.17, 15) is 51.1 Å². The number of aliphatic hydroxyl groups excluding tert-OH is 9. The summed E-state index contributed by atoms with van der Waals surface area (Å²) in [6.07, 6.45) is -7.91. The van der Waals surface area contributed by atoms with Gasteiger partial charge in [0.1, 0.15) is 42.7 Å². The monoisotopic (exact) mass is 786 g/mol. The van der Waals surface area contributed by atoms with Crippen molar-refractivity contribution in [3.63, 3.8) is 0 Å². The molecule has 0 aromatic carbocycles. The number of aliphatic hydroxyl groups is 10. The average molecular weight is 787 g/mol. The van der Waals surface area contributed by atoms with Crippen LogP contribution in [0, 0.1) is 45.3 Å². The third-order valence-electron chi connectivity index (χ3n) is 16.1. The van der Waals surface area contributed by atoms with Crippen molar-refractivity contribution in [2.24, 2.45) is 45.3 Å². The zero-order valence-electron chi connectivity index (χ0n) is 33.9. The van der Waals surface area contributed by atoms with Crippen LogP contribution in [0.2, 0.25) is 0 Å². The largest absolute Gasteiger partial charge is 0.393 e. The first-order chi connectivity index (χ1) is 25.3. The Morgan fingerprint density at radius 1 is 0.727 bits per heavy atom. The Morgan fingerprint density at radius 3 is 2.02 bits per heavy atom. The maximum atomic E-state index is 12.4. The van der Waals surface area contributed by atoms with Crippen LogP contribution in [0.3, 0.4) is 0 Å². The van der Waals surface area contributed by atoms with Gasteiger partial charge in [0.25, 0.3) is 0 Å². The van der Waals surface area contributed by atoms with Gasteiger partial charge in [-0.2, -0.15) is 0 Å². The first kappa shape index (κ1) is 43.8. The lowest BCUT2D eigenvalue weighted by molar-refractivity contribution is -0.345. The molecule has 0 spiro atoms. The van der Waals surface area contributed by atoms with Crippen LogP contribution < -0.4 is 0 Å². The highest BCUT2D eigenvalue weighted by Gasteiger charge is 2.72. The third-order valence-corrected chi connectivity index (χ3v) is 16.1. The molecule has 0 aromatic heterocycles. The predicted molar refractivity (Wildman–Crippen MR) is 198 cm³/mol. The van der Waals surface area contributed by atoms with E-state index in [1.54, 1.807) is 19.9 Å². The van der Waals surface area contributed by atoms with Crippen LogP contribution in [0.25, 0.3) is 0 Å². The topological polar surface area (TPSA) is 239 Å². The molecule has 20 atom stereocenters. The van der Waals surface area contributed by atoms with Crippen molar-refractivity contribution < 1.29 is 70.0 Å². The molecule has 6 aliphatic rings. The molecule has 0 radical (unpaired) electrons. The molecule has 10 N–H and O–H groups in total. The summed E-state index contributed by atoms with van der Waals surface area (Å²) in [6.45, 7) is 15.5. The molecule has 2 aliphatic heterocycles. The third kappa shape index (κ3) is 7.30. The molecule has 0 bridgehead atoms. The predicted octanol–water partition coefficient (Wildman–Crippen LogP) is 0.730. The van der Waals surface area contributed by atoms with Crippen molar-refractivity contribution in [2.75, 3.05) is 13.2 Å². The summed E-state index contributed by atoms with van der Waals surface area (Å²) in [4.78, 5) is 0. The summed E-state index contributed by atoms with van der Waals surface area (Å²) in [6, 6.07) is 0. The average Bonchev–Trinajstić information content (AvgIpc) is 3.48. The van der Waals surface area contributed by atoms with E-state index >= 15 is 0 Å². The van der Waals surface area contributed by atoms with Gasteiger partial charge in [-0.15, -0.1) is 0 Å². The second-order valence-electron chi connectivity index (χ2n) is 20.3. The van der Waals surface area contributed by atoms with Crippen molar-refractivity contribution in [3.8, 4) is 0 Å². The Balaban J connectivity index is 1.28. The maximum absolute atomic E-state index is 12.4. The molecule has 0 aromatic rings. The normalized spacial score (nSPS) is 52.6. The first-order valence-corrected chi connectivity index (χ1v) is 20.4. The van der Waals surface area contributed by atoms with E-state index in [0.29, 0.717) is 19.3 Å². The van der Waals surface area contributed by atoms with Crippen molar-refractivity contribution in [1.82, 2.24) is 0 Å². The molecule has 2 heterocycles. The molecule has 6 fully saturated rings. The highest BCUT2D eigenvalue weighted by atomic mass is 16.7. The molecule has 0 unspecified atom stereocenters. The number of hydrogen-bond donors (Lipinski definition) is 10. The Kier molecular flexibility index (Phi) is 11.9. The Bertz CT molecular complexity index is 1390. The molecular formula is C41H70O14. The summed E-state index contributed by atoms with van der Waals surface area (Å²) in [5.74, 6) is -0.279. The van der Waals surface area contributed by atoms with Crippen molar-refractivity contribution >= 4 is 0 Å². The minimum Gasteiger partial charge on any atom is -0.393 e. The van der Waals surface area contributed by atoms with Gasteiger partial charge in [-0.3, -0.25) is 0 Å². The highest BCUT2D eigenvalue weighted by Crippen LogP contribution is 2.76. The molecule has 0 amide bonds. The van der Waals surface area contributed by atoms with Gasteiger partial charge < -0.3 is 70.0 Å². The minimum atomic E-state index is -1.70. The minimum absolute atomic E-state index is 0.0781. The van der Waals surface area contributed by atoms with Crippen LogP contribution in [0.15, 0.2) is 12.2 Å². The van der Waals surface area contributed by atoms with Crippen LogP contribution in [0.5, 0.6) is 0 Å². The fourth-order valence-corrected chi connectivity index (χ4v) is 13.0. The molecule has 14 heteroatoms. The second kappa shape index (κ2) is 15.0. The number of ether oxygens (including phenoxy) is 4. The lowest BCUT2D eigenvalue weighted by Gasteiger charge is -2.71. The lowest BCUT2D eigenvalue weighted by atomic mass is 9.35. The van der Waals surface area contributed by atoms with Gasteiger partial charge >= 0.3 is 0 Å². The van der Waals surface area contributed by atoms with Crippen LogP contribution >= 0.6 is 0 Å². The van der Waals surface area contributed by atoms with Crippen molar-refractivity contribution in [3.05, 3.63) is 12.2 Å². The van der Waals surface area contributed by atoms with Gasteiger partial charge in [0.2, 0.25) is 0 Å². The molecular weight excluding hydrogens is 716 g/mol. The smallest absolute Gasteiger partial charge is 0.187 e. The van der Waals surface area contributed by atoms with E-state index in [1.807, 2.05) is 13.0 Å². The second-order valence-corrected chi connectivity index (χ2v) is 20.3. The zero-order valence-corrected chi connectivity index (χ0v) is 33.9. The molecule has 14 nitrogen and oxygen atoms in total. The van der Waals surface area contributed by atoms with E-state index in [2.05, 4.69) is 34.6 Å². The summed E-state index contributed by atoms with van der Waals surface area (Å²) in [5, 5.41) is 109. The summed E-state index contributed by atoms with van der Waals surface area (Å²) in [5.41, 5.74) is -3.65. The quantitative estimate of drug-likeness (QED) is 0.145. The number of fused-ring (bicyclic) bond motifs is 5. The Morgan fingerprint density at radius 2 is 1.36 bits per heavy atom. The molecule has 4 aliphatic carbocycles. The molecule has 2 saturated heterocycles. The van der Waals surface area contributed by atoms with Gasteiger partial charge in [0.05, 0.1) is 42.7 Å². The standard InChI is InChI=1S/C41H70O14/c1-36(2,51)12-9-13-41(8,55-35-32(49)30(47)29(46)24(54-35)19-53-34-31(48)28(45)23(44)18-52-34)20-10-14-40(7)27(20)21(42)16-26-38(5)17-22(43)33(50)37(3,4)25(38)11-15-39(26,40)6/h9,12,20-35,42-51H,10-11,13-19H2,1-8H3/b12-9+/t20-,21+,22+,23+,24+,25-,26+,27-,28-,29+,30-,31+,32+,33-,34-,35-,38-,39+,40+,41-/m0/s1. The van der Waals surface area contributed by atoms with E-state index < -0.39 is 96.8 Å². The number of rotatable bonds is 9. The van der Waals surface area contributed by atoms with E-state index in [1.165, 1.54) is 0 Å². The van der Waals surface area contributed by atoms with E-state index in [-0.39, 0.29) is 52.9 Å². The van der Waals surface area contributed by atoms with Crippen LogP contribution in [-0.4, -0.2) is 149 Å². The van der Waals surface area contributed by atoms with Gasteiger partial charge in [-0.05, 0) is 111 Å². The highest BCUT2D eigenvalue weighted by molar-refractivity contribution is 5.21. The van der Waals surface area contributed by atoms with Crippen molar-refractivity contribution in [1.29, 1.82) is 0 Å². The van der Waals surface area contributed by atoms with Gasteiger partial charge in [0, 0.05) is 0 Å². The van der Waals surface area contributed by atoms with Crippen LogP contribution in [0.1, 0.15) is 100 Å². The molecule has 318 valence electrons. The maximum Gasteiger partial charge on any atom is 0.187 e. The number of hydrogen-bond acceptors (Lipinski definition) is 14. The van der Waals surface area contributed by atoms with Gasteiger partial charge in [-0.25, -0.2) is 0 Å². The summed E-state index contributed by atoms with van der Waals surface area (Å²) in [7, 11) is 0. The van der Waals surface area contributed by atoms with Crippen LogP contribution in [-0.2, 0) is 18.9 Å². The lowest BCUT2D eigenvalue weighted by Crippen LogP contribution is -2.68. The van der Waals surface area contributed by atoms with E-state index in [0.717, 1.165) is 19.3 Å². The van der Waals surface area contributed by atoms with Gasteiger partial charge in [-0.1, -0.05) is 46.8 Å².